The lowest BCUT2D eigenvalue weighted by Crippen LogP contribution is -2.37. The van der Waals surface area contributed by atoms with Crippen LogP contribution in [-0.4, -0.2) is 15.8 Å². The first-order valence-electron chi connectivity index (χ1n) is 10.1. The van der Waals surface area contributed by atoms with Crippen LogP contribution in [0.4, 0.5) is 4.39 Å². The highest BCUT2D eigenvalue weighted by Gasteiger charge is 2.33. The van der Waals surface area contributed by atoms with Gasteiger partial charge in [-0.25, -0.2) is 9.37 Å². The number of rotatable bonds is 6. The molecule has 0 fully saturated rings. The van der Waals surface area contributed by atoms with Crippen molar-refractivity contribution in [3.05, 3.63) is 100 Å². The Morgan fingerprint density at radius 2 is 1.71 bits per heavy atom. The second-order valence-electron chi connectivity index (χ2n) is 7.76. The van der Waals surface area contributed by atoms with Gasteiger partial charge in [-0.15, -0.1) is 0 Å². The van der Waals surface area contributed by atoms with Gasteiger partial charge in [-0.2, -0.15) is 0 Å². The number of hydrogen-bond acceptors (Lipinski definition) is 3. The van der Waals surface area contributed by atoms with E-state index in [1.165, 1.54) is 12.1 Å². The molecule has 31 heavy (non-hydrogen) atoms. The van der Waals surface area contributed by atoms with Gasteiger partial charge in [-0.3, -0.25) is 4.79 Å². The number of halogens is 2. The molecule has 1 unspecified atom stereocenters. The summed E-state index contributed by atoms with van der Waals surface area (Å²) in [6.45, 7) is 4.43. The summed E-state index contributed by atoms with van der Waals surface area (Å²) in [7, 11) is 0. The highest BCUT2D eigenvalue weighted by molar-refractivity contribution is 9.10. The van der Waals surface area contributed by atoms with E-state index < -0.39 is 11.9 Å². The van der Waals surface area contributed by atoms with Crippen LogP contribution in [0, 0.1) is 11.7 Å². The Hall–Kier alpha value is -2.99. The summed E-state index contributed by atoms with van der Waals surface area (Å²) < 4.78 is 20.4. The van der Waals surface area contributed by atoms with E-state index >= 15 is 0 Å². The summed E-state index contributed by atoms with van der Waals surface area (Å²) in [5.74, 6) is -0.134. The normalized spacial score (nSPS) is 12.3. The van der Waals surface area contributed by atoms with E-state index in [4.69, 9.17) is 4.42 Å². The van der Waals surface area contributed by atoms with E-state index in [0.29, 0.717) is 33.6 Å². The van der Waals surface area contributed by atoms with Crippen LogP contribution in [0.15, 0.2) is 81.7 Å². The summed E-state index contributed by atoms with van der Waals surface area (Å²) in [6.07, 6.45) is 0. The van der Waals surface area contributed by atoms with Crippen molar-refractivity contribution in [2.24, 2.45) is 5.92 Å². The SMILES string of the molecule is CC(C)C(c1nc2c(Br)cc(F)cc2o1)N(Cc1ccccc1)C(=O)c1ccccc1. The first-order valence-corrected chi connectivity index (χ1v) is 10.9. The van der Waals surface area contributed by atoms with Crippen LogP contribution in [0.2, 0.25) is 0 Å². The number of benzene rings is 3. The van der Waals surface area contributed by atoms with Gasteiger partial charge in [0.25, 0.3) is 5.91 Å². The number of fused-ring (bicyclic) bond motifs is 1. The van der Waals surface area contributed by atoms with Gasteiger partial charge in [0, 0.05) is 18.2 Å². The Bertz CT molecular complexity index is 1190. The van der Waals surface area contributed by atoms with E-state index in [1.807, 2.05) is 62.4 Å². The van der Waals surface area contributed by atoms with Crippen molar-refractivity contribution >= 4 is 32.9 Å². The molecule has 0 saturated carbocycles. The van der Waals surface area contributed by atoms with Crippen molar-refractivity contribution in [1.29, 1.82) is 0 Å². The Balaban J connectivity index is 1.81. The topological polar surface area (TPSA) is 46.3 Å². The van der Waals surface area contributed by atoms with Crippen LogP contribution in [-0.2, 0) is 6.54 Å². The van der Waals surface area contributed by atoms with E-state index in [0.717, 1.165) is 5.56 Å². The molecule has 4 aromatic rings. The Morgan fingerprint density at radius 1 is 1.06 bits per heavy atom. The minimum atomic E-state index is -0.435. The number of nitrogens with zero attached hydrogens (tertiary/aromatic N) is 2. The average molecular weight is 481 g/mol. The first kappa shape index (κ1) is 21.2. The van der Waals surface area contributed by atoms with Gasteiger partial charge in [0.15, 0.2) is 5.58 Å². The van der Waals surface area contributed by atoms with Crippen LogP contribution < -0.4 is 0 Å². The lowest BCUT2D eigenvalue weighted by molar-refractivity contribution is 0.0561. The highest BCUT2D eigenvalue weighted by atomic mass is 79.9. The molecular weight excluding hydrogens is 459 g/mol. The predicted molar refractivity (Wildman–Crippen MR) is 122 cm³/mol. The number of amides is 1. The molecule has 0 bridgehead atoms. The number of aromatic nitrogens is 1. The van der Waals surface area contributed by atoms with Crippen molar-refractivity contribution < 1.29 is 13.6 Å². The fourth-order valence-electron chi connectivity index (χ4n) is 3.70. The highest BCUT2D eigenvalue weighted by Crippen LogP contribution is 2.35. The minimum absolute atomic E-state index is 0.00746. The standard InChI is InChI=1S/C25H22BrFN2O2/c1-16(2)23(24-28-22-20(26)13-19(27)14-21(22)31-24)29(15-17-9-5-3-6-10-17)25(30)18-11-7-4-8-12-18/h3-14,16,23H,15H2,1-2H3. The van der Waals surface area contributed by atoms with Crippen molar-refractivity contribution in [3.63, 3.8) is 0 Å². The third-order valence-electron chi connectivity index (χ3n) is 5.13. The van der Waals surface area contributed by atoms with Gasteiger partial charge >= 0.3 is 0 Å². The lowest BCUT2D eigenvalue weighted by Gasteiger charge is -2.32. The smallest absolute Gasteiger partial charge is 0.254 e. The van der Waals surface area contributed by atoms with Crippen LogP contribution in [0.1, 0.15) is 41.7 Å². The maximum absolute atomic E-state index is 13.9. The molecule has 1 aromatic heterocycles. The molecule has 1 amide bonds. The largest absolute Gasteiger partial charge is 0.438 e. The number of oxazole rings is 1. The van der Waals surface area contributed by atoms with Crippen LogP contribution in [0.3, 0.4) is 0 Å². The van der Waals surface area contributed by atoms with Gasteiger partial charge in [0.1, 0.15) is 17.4 Å². The van der Waals surface area contributed by atoms with Gasteiger partial charge < -0.3 is 9.32 Å². The fraction of sp³-hybridized carbons (Fsp3) is 0.200. The molecule has 1 heterocycles. The maximum Gasteiger partial charge on any atom is 0.254 e. The zero-order valence-corrected chi connectivity index (χ0v) is 18.8. The summed E-state index contributed by atoms with van der Waals surface area (Å²) in [5, 5.41) is 0. The first-order chi connectivity index (χ1) is 14.9. The Kier molecular flexibility index (Phi) is 6.18. The molecule has 4 rings (SSSR count). The summed E-state index contributed by atoms with van der Waals surface area (Å²) >= 11 is 3.36. The van der Waals surface area contributed by atoms with E-state index in [2.05, 4.69) is 20.9 Å². The molecule has 158 valence electrons. The molecule has 0 spiro atoms. The molecule has 0 N–H and O–H groups in total. The fourth-order valence-corrected chi connectivity index (χ4v) is 4.21. The zero-order valence-electron chi connectivity index (χ0n) is 17.3. The molecule has 6 heteroatoms. The Morgan fingerprint density at radius 3 is 2.35 bits per heavy atom. The van der Waals surface area contributed by atoms with Crippen molar-refractivity contribution in [2.75, 3.05) is 0 Å². The molecule has 0 aliphatic carbocycles. The summed E-state index contributed by atoms with van der Waals surface area (Å²) in [6, 6.07) is 21.2. The van der Waals surface area contributed by atoms with Gasteiger partial charge in [0.05, 0.1) is 4.47 Å². The zero-order chi connectivity index (χ0) is 22.0. The predicted octanol–water partition coefficient (Wildman–Crippen LogP) is 6.77. The quantitative estimate of drug-likeness (QED) is 0.305. The van der Waals surface area contributed by atoms with Gasteiger partial charge in [-0.1, -0.05) is 62.4 Å². The number of carbonyl (C=O) groups excluding carboxylic acids is 1. The molecule has 0 radical (unpaired) electrons. The molecule has 3 aromatic carbocycles. The number of carbonyl (C=O) groups is 1. The van der Waals surface area contributed by atoms with E-state index in [9.17, 15) is 9.18 Å². The monoisotopic (exact) mass is 480 g/mol. The lowest BCUT2D eigenvalue weighted by atomic mass is 10.00. The number of hydrogen-bond donors (Lipinski definition) is 0. The van der Waals surface area contributed by atoms with Gasteiger partial charge in [0.2, 0.25) is 5.89 Å². The van der Waals surface area contributed by atoms with E-state index in [-0.39, 0.29) is 11.8 Å². The molecule has 0 aliphatic rings. The molecule has 4 nitrogen and oxygen atoms in total. The van der Waals surface area contributed by atoms with Crippen LogP contribution >= 0.6 is 15.9 Å². The van der Waals surface area contributed by atoms with Crippen molar-refractivity contribution in [2.45, 2.75) is 26.4 Å². The Labute approximate surface area is 188 Å². The van der Waals surface area contributed by atoms with Crippen LogP contribution in [0.5, 0.6) is 0 Å². The summed E-state index contributed by atoms with van der Waals surface area (Å²) in [5.41, 5.74) is 2.47. The summed E-state index contributed by atoms with van der Waals surface area (Å²) in [4.78, 5) is 20.0. The molecule has 1 atom stereocenters. The average Bonchev–Trinajstić information content (AvgIpc) is 3.17. The second-order valence-corrected chi connectivity index (χ2v) is 8.61. The maximum atomic E-state index is 13.9. The van der Waals surface area contributed by atoms with E-state index in [1.54, 1.807) is 17.0 Å². The van der Waals surface area contributed by atoms with Gasteiger partial charge in [-0.05, 0) is 45.6 Å². The minimum Gasteiger partial charge on any atom is -0.438 e. The van der Waals surface area contributed by atoms with Crippen molar-refractivity contribution in [3.8, 4) is 0 Å². The molecule has 0 aliphatic heterocycles. The molecular formula is C25H22BrFN2O2. The second kappa shape index (κ2) is 9.02. The third-order valence-corrected chi connectivity index (χ3v) is 5.73. The third kappa shape index (κ3) is 4.54. The van der Waals surface area contributed by atoms with Crippen LogP contribution in [0.25, 0.3) is 11.1 Å². The molecule has 0 saturated heterocycles. The van der Waals surface area contributed by atoms with Crippen molar-refractivity contribution in [1.82, 2.24) is 9.88 Å².